The molecule has 1 saturated carbocycles. The molecule has 0 aromatic carbocycles. The molecule has 23 heavy (non-hydrogen) atoms. The first-order chi connectivity index (χ1) is 10.9. The molecule has 1 fully saturated rings. The Bertz CT molecular complexity index is 466. The summed E-state index contributed by atoms with van der Waals surface area (Å²) in [6.45, 7) is 6.71. The van der Waals surface area contributed by atoms with Gasteiger partial charge >= 0.3 is 11.9 Å². The van der Waals surface area contributed by atoms with E-state index in [9.17, 15) is 14.7 Å². The standard InChI is InChI=1S/C19H30O4/c1-4-5-6-7-8-9-12-23-18(22)16-14-11-10-13(19(14,2)3)15(16)17(20)21/h10-11,13-16H,4-9,12H2,1-3H3,(H,20,21). The Balaban J connectivity index is 1.84. The Morgan fingerprint density at radius 2 is 1.57 bits per heavy atom. The minimum absolute atomic E-state index is 0.0225. The van der Waals surface area contributed by atoms with Crippen molar-refractivity contribution in [1.82, 2.24) is 0 Å². The van der Waals surface area contributed by atoms with Crippen molar-refractivity contribution in [3.63, 3.8) is 0 Å². The van der Waals surface area contributed by atoms with Gasteiger partial charge in [-0.05, 0) is 23.7 Å². The molecule has 4 heteroatoms. The molecule has 0 heterocycles. The fourth-order valence-corrected chi connectivity index (χ4v) is 4.32. The fraction of sp³-hybridized carbons (Fsp3) is 0.789. The summed E-state index contributed by atoms with van der Waals surface area (Å²) < 4.78 is 5.42. The number of aliphatic carboxylic acids is 1. The van der Waals surface area contributed by atoms with Crippen LogP contribution in [0.4, 0.5) is 0 Å². The van der Waals surface area contributed by atoms with Gasteiger partial charge in [0.15, 0.2) is 0 Å². The third kappa shape index (κ3) is 3.61. The maximum absolute atomic E-state index is 12.5. The van der Waals surface area contributed by atoms with Gasteiger partial charge in [0.1, 0.15) is 0 Å². The van der Waals surface area contributed by atoms with Gasteiger partial charge in [-0.25, -0.2) is 0 Å². The molecule has 2 aliphatic carbocycles. The van der Waals surface area contributed by atoms with E-state index in [-0.39, 0.29) is 23.2 Å². The van der Waals surface area contributed by atoms with E-state index in [0.29, 0.717) is 6.61 Å². The van der Waals surface area contributed by atoms with Crippen LogP contribution in [-0.4, -0.2) is 23.7 Å². The third-order valence-electron chi connectivity index (χ3n) is 5.70. The average molecular weight is 322 g/mol. The number of esters is 1. The molecule has 130 valence electrons. The number of carbonyl (C=O) groups excluding carboxylic acids is 1. The summed E-state index contributed by atoms with van der Waals surface area (Å²) in [5, 5.41) is 9.54. The molecule has 1 N–H and O–H groups in total. The summed E-state index contributed by atoms with van der Waals surface area (Å²) >= 11 is 0. The molecule has 4 atom stereocenters. The van der Waals surface area contributed by atoms with E-state index < -0.39 is 17.8 Å². The number of fused-ring (bicyclic) bond motifs is 2. The zero-order chi connectivity index (χ0) is 17.0. The number of ether oxygens (including phenoxy) is 1. The van der Waals surface area contributed by atoms with Gasteiger partial charge in [0.2, 0.25) is 0 Å². The highest BCUT2D eigenvalue weighted by atomic mass is 16.5. The van der Waals surface area contributed by atoms with Crippen LogP contribution in [0.3, 0.4) is 0 Å². The molecule has 2 aliphatic rings. The summed E-state index contributed by atoms with van der Waals surface area (Å²) in [5.41, 5.74) is -0.174. The van der Waals surface area contributed by atoms with Crippen molar-refractivity contribution in [2.24, 2.45) is 29.1 Å². The SMILES string of the molecule is CCCCCCCCOC(=O)C1C(C(=O)O)C2C=CC1C2(C)C. The van der Waals surface area contributed by atoms with Crippen molar-refractivity contribution in [2.45, 2.75) is 59.3 Å². The molecule has 0 saturated heterocycles. The molecule has 2 rings (SSSR count). The van der Waals surface area contributed by atoms with Gasteiger partial charge in [0.25, 0.3) is 0 Å². The van der Waals surface area contributed by atoms with Gasteiger partial charge in [0.05, 0.1) is 18.4 Å². The molecule has 0 radical (unpaired) electrons. The lowest BCUT2D eigenvalue weighted by molar-refractivity contribution is -0.158. The lowest BCUT2D eigenvalue weighted by Gasteiger charge is -2.25. The Morgan fingerprint density at radius 3 is 2.17 bits per heavy atom. The number of unbranched alkanes of at least 4 members (excludes halogenated alkanes) is 5. The highest BCUT2D eigenvalue weighted by Gasteiger charge is 2.61. The Morgan fingerprint density at radius 1 is 1.00 bits per heavy atom. The maximum Gasteiger partial charge on any atom is 0.310 e. The van der Waals surface area contributed by atoms with Crippen molar-refractivity contribution in [1.29, 1.82) is 0 Å². The van der Waals surface area contributed by atoms with Crippen LogP contribution in [0.15, 0.2) is 12.2 Å². The van der Waals surface area contributed by atoms with E-state index in [1.165, 1.54) is 25.7 Å². The van der Waals surface area contributed by atoms with Gasteiger partial charge < -0.3 is 9.84 Å². The topological polar surface area (TPSA) is 63.6 Å². The minimum Gasteiger partial charge on any atom is -0.481 e. The van der Waals surface area contributed by atoms with Gasteiger partial charge in [-0.3, -0.25) is 9.59 Å². The van der Waals surface area contributed by atoms with Crippen molar-refractivity contribution in [3.05, 3.63) is 12.2 Å². The molecule has 0 spiro atoms. The minimum atomic E-state index is -0.878. The van der Waals surface area contributed by atoms with Gasteiger partial charge in [-0.2, -0.15) is 0 Å². The van der Waals surface area contributed by atoms with Crippen molar-refractivity contribution in [3.8, 4) is 0 Å². The van der Waals surface area contributed by atoms with Crippen LogP contribution in [0.2, 0.25) is 0 Å². The predicted octanol–water partition coefficient (Wildman–Crippen LogP) is 4.05. The summed E-state index contributed by atoms with van der Waals surface area (Å²) in [6.07, 6.45) is 10.8. The number of rotatable bonds is 9. The second kappa shape index (κ2) is 7.50. The zero-order valence-corrected chi connectivity index (χ0v) is 14.6. The first-order valence-electron chi connectivity index (χ1n) is 8.99. The highest BCUT2D eigenvalue weighted by molar-refractivity contribution is 5.84. The second-order valence-corrected chi connectivity index (χ2v) is 7.58. The van der Waals surface area contributed by atoms with Crippen LogP contribution in [0, 0.1) is 29.1 Å². The largest absolute Gasteiger partial charge is 0.481 e. The summed E-state index contributed by atoms with van der Waals surface area (Å²) in [4.78, 5) is 24.1. The number of allylic oxidation sites excluding steroid dienone is 2. The zero-order valence-electron chi connectivity index (χ0n) is 14.6. The Kier molecular flexibility index (Phi) is 5.88. The molecule has 0 aromatic heterocycles. The first-order valence-corrected chi connectivity index (χ1v) is 8.99. The average Bonchev–Trinajstić information content (AvgIpc) is 2.92. The van der Waals surface area contributed by atoms with Crippen LogP contribution in [0.1, 0.15) is 59.3 Å². The third-order valence-corrected chi connectivity index (χ3v) is 5.70. The normalized spacial score (nSPS) is 30.6. The quantitative estimate of drug-likeness (QED) is 0.395. The fourth-order valence-electron chi connectivity index (χ4n) is 4.32. The Labute approximate surface area is 139 Å². The van der Waals surface area contributed by atoms with Crippen molar-refractivity contribution >= 4 is 11.9 Å². The van der Waals surface area contributed by atoms with Crippen LogP contribution in [0.25, 0.3) is 0 Å². The lowest BCUT2D eigenvalue weighted by Crippen LogP contribution is -2.34. The van der Waals surface area contributed by atoms with Crippen LogP contribution < -0.4 is 0 Å². The number of carboxylic acids is 1. The van der Waals surface area contributed by atoms with Gasteiger partial charge in [-0.15, -0.1) is 0 Å². The van der Waals surface area contributed by atoms with Crippen molar-refractivity contribution in [2.75, 3.05) is 6.61 Å². The summed E-state index contributed by atoms with van der Waals surface area (Å²) in [5.74, 6) is -2.47. The van der Waals surface area contributed by atoms with Crippen molar-refractivity contribution < 1.29 is 19.4 Å². The van der Waals surface area contributed by atoms with Gasteiger partial charge in [-0.1, -0.05) is 65.0 Å². The van der Waals surface area contributed by atoms with E-state index in [2.05, 4.69) is 20.8 Å². The summed E-state index contributed by atoms with van der Waals surface area (Å²) in [7, 11) is 0. The van der Waals surface area contributed by atoms with E-state index in [4.69, 9.17) is 4.74 Å². The predicted molar refractivity (Wildman–Crippen MR) is 88.9 cm³/mol. The number of carboxylic acid groups (broad SMARTS) is 1. The van der Waals surface area contributed by atoms with Gasteiger partial charge in [0, 0.05) is 0 Å². The highest BCUT2D eigenvalue weighted by Crippen LogP contribution is 2.59. The maximum atomic E-state index is 12.5. The number of carbonyl (C=O) groups is 2. The van der Waals surface area contributed by atoms with Crippen LogP contribution in [-0.2, 0) is 14.3 Å². The lowest BCUT2D eigenvalue weighted by atomic mass is 9.79. The number of hydrogen-bond acceptors (Lipinski definition) is 3. The molecule has 0 aliphatic heterocycles. The van der Waals surface area contributed by atoms with E-state index in [1.54, 1.807) is 0 Å². The second-order valence-electron chi connectivity index (χ2n) is 7.58. The molecular weight excluding hydrogens is 292 g/mol. The van der Waals surface area contributed by atoms with E-state index in [0.717, 1.165) is 12.8 Å². The molecule has 4 unspecified atom stereocenters. The molecule has 2 bridgehead atoms. The molecule has 0 aromatic rings. The smallest absolute Gasteiger partial charge is 0.310 e. The monoisotopic (exact) mass is 322 g/mol. The van der Waals surface area contributed by atoms with Crippen LogP contribution in [0.5, 0.6) is 0 Å². The first kappa shape index (κ1) is 18.0. The van der Waals surface area contributed by atoms with E-state index >= 15 is 0 Å². The van der Waals surface area contributed by atoms with Crippen LogP contribution >= 0.6 is 0 Å². The number of hydrogen-bond donors (Lipinski definition) is 1. The Hall–Kier alpha value is -1.32. The molecular formula is C19H30O4. The molecule has 4 nitrogen and oxygen atoms in total. The summed E-state index contributed by atoms with van der Waals surface area (Å²) in [6, 6.07) is 0. The molecule has 0 amide bonds. The van der Waals surface area contributed by atoms with E-state index in [1.807, 2.05) is 12.2 Å².